The summed E-state index contributed by atoms with van der Waals surface area (Å²) in [5.74, 6) is 1.78. The molecular formula is C24H34O3. The normalized spacial score (nSPS) is 10.7. The maximum Gasteiger partial charge on any atom is 0.119 e. The maximum atomic E-state index is 5.73. The molecule has 148 valence electrons. The fraction of sp³-hybridized carbons (Fsp3) is 0.500. The van der Waals surface area contributed by atoms with Crippen molar-refractivity contribution in [3.63, 3.8) is 0 Å². The van der Waals surface area contributed by atoms with Crippen LogP contribution in [0.1, 0.15) is 51.0 Å². The molecule has 0 aliphatic carbocycles. The van der Waals surface area contributed by atoms with E-state index in [0.717, 1.165) is 17.9 Å². The first-order valence-corrected chi connectivity index (χ1v) is 10.4. The van der Waals surface area contributed by atoms with E-state index < -0.39 is 0 Å². The average molecular weight is 371 g/mol. The summed E-state index contributed by atoms with van der Waals surface area (Å²) in [4.78, 5) is 0. The van der Waals surface area contributed by atoms with Crippen LogP contribution in [0.3, 0.4) is 0 Å². The van der Waals surface area contributed by atoms with Crippen LogP contribution in [-0.2, 0) is 11.2 Å². The molecule has 2 aromatic carbocycles. The molecule has 0 fully saturated rings. The van der Waals surface area contributed by atoms with Crippen LogP contribution in [-0.4, -0.2) is 26.4 Å². The molecule has 0 heterocycles. The number of hydrogen-bond acceptors (Lipinski definition) is 3. The van der Waals surface area contributed by atoms with Crippen molar-refractivity contribution in [2.24, 2.45) is 0 Å². The van der Waals surface area contributed by atoms with Crippen molar-refractivity contribution in [3.8, 4) is 11.5 Å². The first-order chi connectivity index (χ1) is 13.4. The second-order valence-electron chi connectivity index (χ2n) is 6.78. The lowest BCUT2D eigenvalue weighted by molar-refractivity contribution is 0.0764. The largest absolute Gasteiger partial charge is 0.491 e. The van der Waals surface area contributed by atoms with Gasteiger partial charge in [0, 0.05) is 0 Å². The highest BCUT2D eigenvalue weighted by atomic mass is 16.5. The molecule has 0 aliphatic rings. The molecule has 3 heteroatoms. The van der Waals surface area contributed by atoms with Gasteiger partial charge in [-0.25, -0.2) is 0 Å². The van der Waals surface area contributed by atoms with Crippen LogP contribution >= 0.6 is 0 Å². The zero-order valence-corrected chi connectivity index (χ0v) is 16.7. The topological polar surface area (TPSA) is 27.7 Å². The van der Waals surface area contributed by atoms with E-state index in [1.807, 2.05) is 30.3 Å². The predicted octanol–water partition coefficient (Wildman–Crippen LogP) is 6.06. The summed E-state index contributed by atoms with van der Waals surface area (Å²) in [6.07, 6.45) is 9.21. The Labute approximate surface area is 164 Å². The molecule has 3 nitrogen and oxygen atoms in total. The van der Waals surface area contributed by atoms with E-state index in [1.165, 1.54) is 44.1 Å². The molecule has 27 heavy (non-hydrogen) atoms. The van der Waals surface area contributed by atoms with Crippen molar-refractivity contribution in [2.75, 3.05) is 26.4 Å². The van der Waals surface area contributed by atoms with Crippen molar-refractivity contribution >= 4 is 0 Å². The van der Waals surface area contributed by atoms with Gasteiger partial charge in [0.2, 0.25) is 0 Å². The van der Waals surface area contributed by atoms with Crippen molar-refractivity contribution in [1.29, 1.82) is 0 Å². The minimum atomic E-state index is 0.553. The Morgan fingerprint density at radius 2 is 1.19 bits per heavy atom. The van der Waals surface area contributed by atoms with Crippen LogP contribution in [0.4, 0.5) is 0 Å². The quantitative estimate of drug-likeness (QED) is 0.356. The van der Waals surface area contributed by atoms with E-state index in [4.69, 9.17) is 14.2 Å². The lowest BCUT2D eigenvalue weighted by atomic mass is 10.0. The van der Waals surface area contributed by atoms with Gasteiger partial charge in [-0.3, -0.25) is 0 Å². The number of benzene rings is 2. The Balaban J connectivity index is 1.47. The standard InChI is InChI=1S/C24H34O3/c1-2-3-4-5-6-8-11-22-14-16-24(17-15-22)27-21-19-25-18-20-26-23-12-9-7-10-13-23/h7,9-10,12-17H,2-6,8,11,18-21H2,1H3. The molecule has 0 bridgehead atoms. The lowest BCUT2D eigenvalue weighted by Gasteiger charge is -2.09. The summed E-state index contributed by atoms with van der Waals surface area (Å²) in [6.45, 7) is 4.50. The number of aryl methyl sites for hydroxylation is 1. The molecule has 0 aromatic heterocycles. The molecular weight excluding hydrogens is 336 g/mol. The summed E-state index contributed by atoms with van der Waals surface area (Å²) in [7, 11) is 0. The summed E-state index contributed by atoms with van der Waals surface area (Å²) >= 11 is 0. The Morgan fingerprint density at radius 3 is 1.85 bits per heavy atom. The number of ether oxygens (including phenoxy) is 3. The summed E-state index contributed by atoms with van der Waals surface area (Å²) in [5.41, 5.74) is 1.40. The molecule has 0 atom stereocenters. The van der Waals surface area contributed by atoms with E-state index in [0.29, 0.717) is 26.4 Å². The number of unbranched alkanes of at least 4 members (excludes halogenated alkanes) is 5. The van der Waals surface area contributed by atoms with Gasteiger partial charge >= 0.3 is 0 Å². The molecule has 0 N–H and O–H groups in total. The molecule has 0 spiro atoms. The van der Waals surface area contributed by atoms with Crippen molar-refractivity contribution in [1.82, 2.24) is 0 Å². The van der Waals surface area contributed by atoms with Crippen molar-refractivity contribution in [3.05, 3.63) is 60.2 Å². The fourth-order valence-electron chi connectivity index (χ4n) is 2.92. The summed E-state index contributed by atoms with van der Waals surface area (Å²) < 4.78 is 16.9. The second kappa shape index (κ2) is 14.1. The van der Waals surface area contributed by atoms with Crippen LogP contribution in [0.25, 0.3) is 0 Å². The lowest BCUT2D eigenvalue weighted by Crippen LogP contribution is -2.12. The molecule has 2 aromatic rings. The van der Waals surface area contributed by atoms with E-state index in [2.05, 4.69) is 31.2 Å². The van der Waals surface area contributed by atoms with E-state index in [9.17, 15) is 0 Å². The van der Waals surface area contributed by atoms with E-state index >= 15 is 0 Å². The zero-order chi connectivity index (χ0) is 19.0. The second-order valence-corrected chi connectivity index (χ2v) is 6.78. The van der Waals surface area contributed by atoms with Gasteiger partial charge < -0.3 is 14.2 Å². The Kier molecular flexibility index (Phi) is 11.1. The molecule has 0 amide bonds. The van der Waals surface area contributed by atoms with Gasteiger partial charge in [-0.2, -0.15) is 0 Å². The van der Waals surface area contributed by atoms with Crippen LogP contribution < -0.4 is 9.47 Å². The Bertz CT molecular complexity index is 580. The third-order valence-corrected chi connectivity index (χ3v) is 4.48. The zero-order valence-electron chi connectivity index (χ0n) is 16.7. The Hall–Kier alpha value is -2.00. The Morgan fingerprint density at radius 1 is 0.593 bits per heavy atom. The first-order valence-electron chi connectivity index (χ1n) is 10.4. The third-order valence-electron chi connectivity index (χ3n) is 4.48. The van der Waals surface area contributed by atoms with Crippen LogP contribution in [0, 0.1) is 0 Å². The molecule has 2 rings (SSSR count). The smallest absolute Gasteiger partial charge is 0.119 e. The van der Waals surface area contributed by atoms with Gasteiger partial charge in [0.05, 0.1) is 13.2 Å². The number of para-hydroxylation sites is 1. The van der Waals surface area contributed by atoms with E-state index in [1.54, 1.807) is 0 Å². The molecule has 0 radical (unpaired) electrons. The highest BCUT2D eigenvalue weighted by Crippen LogP contribution is 2.15. The molecule has 0 aliphatic heterocycles. The van der Waals surface area contributed by atoms with Crippen LogP contribution in [0.5, 0.6) is 11.5 Å². The highest BCUT2D eigenvalue weighted by Gasteiger charge is 1.98. The van der Waals surface area contributed by atoms with Gasteiger partial charge in [0.15, 0.2) is 0 Å². The number of rotatable bonds is 15. The third kappa shape index (κ3) is 10.0. The van der Waals surface area contributed by atoms with Gasteiger partial charge in [0.1, 0.15) is 24.7 Å². The van der Waals surface area contributed by atoms with Gasteiger partial charge in [-0.15, -0.1) is 0 Å². The summed E-state index contributed by atoms with van der Waals surface area (Å²) in [6, 6.07) is 18.3. The maximum absolute atomic E-state index is 5.73. The average Bonchev–Trinajstić information content (AvgIpc) is 2.71. The predicted molar refractivity (Wildman–Crippen MR) is 112 cm³/mol. The van der Waals surface area contributed by atoms with Gasteiger partial charge in [-0.05, 0) is 42.7 Å². The minimum Gasteiger partial charge on any atom is -0.491 e. The van der Waals surface area contributed by atoms with Gasteiger partial charge in [-0.1, -0.05) is 69.4 Å². The van der Waals surface area contributed by atoms with Crippen molar-refractivity contribution in [2.45, 2.75) is 51.9 Å². The first kappa shape index (κ1) is 21.3. The van der Waals surface area contributed by atoms with Crippen LogP contribution in [0.15, 0.2) is 54.6 Å². The number of hydrogen-bond donors (Lipinski definition) is 0. The van der Waals surface area contributed by atoms with Gasteiger partial charge in [0.25, 0.3) is 0 Å². The molecule has 0 unspecified atom stereocenters. The van der Waals surface area contributed by atoms with E-state index in [-0.39, 0.29) is 0 Å². The minimum absolute atomic E-state index is 0.553. The fourth-order valence-corrected chi connectivity index (χ4v) is 2.92. The summed E-state index contributed by atoms with van der Waals surface area (Å²) in [5, 5.41) is 0. The highest BCUT2D eigenvalue weighted by molar-refractivity contribution is 5.27. The molecule has 0 saturated heterocycles. The SMILES string of the molecule is CCCCCCCCc1ccc(OCCOCCOc2ccccc2)cc1. The van der Waals surface area contributed by atoms with Crippen LogP contribution in [0.2, 0.25) is 0 Å². The van der Waals surface area contributed by atoms with Crippen molar-refractivity contribution < 1.29 is 14.2 Å². The molecule has 0 saturated carbocycles. The monoisotopic (exact) mass is 370 g/mol.